The number of hydrogen-bond donors (Lipinski definition) is 2. The van der Waals surface area contributed by atoms with Gasteiger partial charge < -0.3 is 20.4 Å². The maximum atomic E-state index is 14.7. The highest BCUT2D eigenvalue weighted by Gasteiger charge is 2.21. The summed E-state index contributed by atoms with van der Waals surface area (Å²) in [6.07, 6.45) is 2.60. The number of benzene rings is 2. The summed E-state index contributed by atoms with van der Waals surface area (Å²) in [5.74, 6) is 2.45. The minimum atomic E-state index is -2.21. The van der Waals surface area contributed by atoms with Gasteiger partial charge in [-0.15, -0.1) is 0 Å². The fourth-order valence-electron chi connectivity index (χ4n) is 2.35. The SMILES string of the molecule is CCOc1ccc(Cl)cc1S(=O)Oc1cc(F)c(C#Cc2cnc(N)nc2)c(F)c1N. The van der Waals surface area contributed by atoms with E-state index in [0.717, 1.165) is 6.07 Å². The fourth-order valence-corrected chi connectivity index (χ4v) is 3.49. The molecule has 11 heteroatoms. The van der Waals surface area contributed by atoms with Crippen LogP contribution in [0, 0.1) is 23.5 Å². The van der Waals surface area contributed by atoms with Crippen LogP contribution in [0.25, 0.3) is 0 Å². The van der Waals surface area contributed by atoms with E-state index in [0.29, 0.717) is 6.61 Å². The Morgan fingerprint density at radius 3 is 2.52 bits per heavy atom. The molecule has 7 nitrogen and oxygen atoms in total. The van der Waals surface area contributed by atoms with Gasteiger partial charge in [-0.3, -0.25) is 0 Å². The number of hydrogen-bond acceptors (Lipinski definition) is 7. The van der Waals surface area contributed by atoms with Gasteiger partial charge in [-0.1, -0.05) is 23.4 Å². The molecule has 0 aliphatic heterocycles. The Morgan fingerprint density at radius 1 is 1.13 bits per heavy atom. The summed E-state index contributed by atoms with van der Waals surface area (Å²) in [5.41, 5.74) is 10.2. The molecular weight excluding hydrogens is 450 g/mol. The first-order valence-corrected chi connectivity index (χ1v) is 10.1. The number of nitrogens with two attached hydrogens (primary N) is 2. The van der Waals surface area contributed by atoms with E-state index >= 15 is 0 Å². The van der Waals surface area contributed by atoms with Gasteiger partial charge in [0.2, 0.25) is 17.0 Å². The summed E-state index contributed by atoms with van der Waals surface area (Å²) >= 11 is 3.73. The topological polar surface area (TPSA) is 113 Å². The standard InChI is InChI=1S/C20H15ClF2N4O3S/c1-2-29-15-6-4-12(21)7-17(15)31(28)30-16-8-14(22)13(18(23)19(16)24)5-3-11-9-26-20(25)27-10-11/h4,6-10H,2,24H2,1H3,(H2,25,26,27). The molecule has 0 amide bonds. The van der Waals surface area contributed by atoms with Crippen molar-refractivity contribution in [3.63, 3.8) is 0 Å². The molecule has 0 fully saturated rings. The Balaban J connectivity index is 1.92. The van der Waals surface area contributed by atoms with Gasteiger partial charge >= 0.3 is 0 Å². The minimum absolute atomic E-state index is 0.0360. The van der Waals surface area contributed by atoms with Crippen molar-refractivity contribution in [3.8, 4) is 23.3 Å². The summed E-state index contributed by atoms with van der Waals surface area (Å²) in [6.45, 7) is 2.03. The maximum absolute atomic E-state index is 14.7. The number of nitrogens with zero attached hydrogens (tertiary/aromatic N) is 2. The summed E-state index contributed by atoms with van der Waals surface area (Å²) in [5, 5.41) is 0.276. The van der Waals surface area contributed by atoms with Crippen molar-refractivity contribution in [1.82, 2.24) is 9.97 Å². The molecule has 31 heavy (non-hydrogen) atoms. The monoisotopic (exact) mass is 464 g/mol. The van der Waals surface area contributed by atoms with Crippen molar-refractivity contribution in [2.75, 3.05) is 18.1 Å². The summed E-state index contributed by atoms with van der Waals surface area (Å²) in [7, 11) is 0. The van der Waals surface area contributed by atoms with Crippen LogP contribution in [-0.2, 0) is 11.1 Å². The predicted molar refractivity (Wildman–Crippen MR) is 113 cm³/mol. The molecule has 1 unspecified atom stereocenters. The Labute approximate surface area is 184 Å². The van der Waals surface area contributed by atoms with Gasteiger partial charge in [-0.05, 0) is 25.1 Å². The molecule has 0 saturated carbocycles. The first-order chi connectivity index (χ1) is 14.8. The van der Waals surface area contributed by atoms with Gasteiger partial charge in [0.15, 0.2) is 11.6 Å². The molecule has 1 heterocycles. The molecular formula is C20H15ClF2N4O3S. The lowest BCUT2D eigenvalue weighted by Gasteiger charge is -2.13. The molecule has 3 rings (SSSR count). The highest BCUT2D eigenvalue weighted by Crippen LogP contribution is 2.33. The second kappa shape index (κ2) is 9.59. The lowest BCUT2D eigenvalue weighted by atomic mass is 10.1. The fraction of sp³-hybridized carbons (Fsp3) is 0.100. The van der Waals surface area contributed by atoms with Gasteiger partial charge in [0.25, 0.3) is 0 Å². The zero-order valence-corrected chi connectivity index (χ0v) is 17.6. The average molecular weight is 465 g/mol. The van der Waals surface area contributed by atoms with E-state index in [1.807, 2.05) is 0 Å². The summed E-state index contributed by atoms with van der Waals surface area (Å²) in [4.78, 5) is 7.55. The summed E-state index contributed by atoms with van der Waals surface area (Å²) in [6, 6.07) is 5.21. The molecule has 3 aromatic rings. The normalized spacial score (nSPS) is 11.4. The summed E-state index contributed by atoms with van der Waals surface area (Å²) < 4.78 is 52.4. The first-order valence-electron chi connectivity index (χ1n) is 8.69. The van der Waals surface area contributed by atoms with Crippen LogP contribution in [0.5, 0.6) is 11.5 Å². The first kappa shape index (κ1) is 22.3. The molecule has 0 aliphatic rings. The van der Waals surface area contributed by atoms with Crippen molar-refractivity contribution in [2.24, 2.45) is 0 Å². The Morgan fingerprint density at radius 2 is 1.84 bits per heavy atom. The molecule has 0 bridgehead atoms. The number of anilines is 2. The number of ether oxygens (including phenoxy) is 1. The van der Waals surface area contributed by atoms with Gasteiger partial charge in [0.05, 0.1) is 17.7 Å². The van der Waals surface area contributed by atoms with E-state index in [9.17, 15) is 13.0 Å². The van der Waals surface area contributed by atoms with Crippen LogP contribution in [0.3, 0.4) is 0 Å². The third-order valence-corrected chi connectivity index (χ3v) is 5.02. The van der Waals surface area contributed by atoms with E-state index < -0.39 is 39.7 Å². The minimum Gasteiger partial charge on any atom is -0.492 e. The Kier molecular flexibility index (Phi) is 6.89. The van der Waals surface area contributed by atoms with Crippen LogP contribution in [0.4, 0.5) is 20.4 Å². The lowest BCUT2D eigenvalue weighted by Crippen LogP contribution is -2.08. The van der Waals surface area contributed by atoms with Crippen LogP contribution in [0.1, 0.15) is 18.1 Å². The number of halogens is 3. The molecule has 1 aromatic heterocycles. The second-order valence-electron chi connectivity index (χ2n) is 5.88. The van der Waals surface area contributed by atoms with Crippen molar-refractivity contribution >= 4 is 34.3 Å². The van der Waals surface area contributed by atoms with Crippen LogP contribution in [0.15, 0.2) is 41.6 Å². The van der Waals surface area contributed by atoms with Crippen LogP contribution in [0.2, 0.25) is 5.02 Å². The molecule has 0 aliphatic carbocycles. The molecule has 160 valence electrons. The van der Waals surface area contributed by atoms with E-state index in [-0.39, 0.29) is 27.2 Å². The highest BCUT2D eigenvalue weighted by atomic mass is 35.5. The zero-order chi connectivity index (χ0) is 22.5. The van der Waals surface area contributed by atoms with Gasteiger partial charge in [0.1, 0.15) is 22.1 Å². The van der Waals surface area contributed by atoms with E-state index in [1.54, 1.807) is 13.0 Å². The van der Waals surface area contributed by atoms with E-state index in [4.69, 9.17) is 32.0 Å². The number of rotatable bonds is 5. The molecule has 0 radical (unpaired) electrons. The molecule has 1 atom stereocenters. The number of nitrogen functional groups attached to an aromatic ring is 2. The molecule has 4 N–H and O–H groups in total. The Bertz CT molecular complexity index is 1210. The third kappa shape index (κ3) is 5.20. The van der Waals surface area contributed by atoms with E-state index in [2.05, 4.69) is 21.8 Å². The molecule has 0 saturated heterocycles. The lowest BCUT2D eigenvalue weighted by molar-refractivity contribution is 0.331. The van der Waals surface area contributed by atoms with Crippen LogP contribution < -0.4 is 20.4 Å². The third-order valence-electron chi connectivity index (χ3n) is 3.77. The predicted octanol–water partition coefficient (Wildman–Crippen LogP) is 3.47. The second-order valence-corrected chi connectivity index (χ2v) is 7.39. The number of aromatic nitrogens is 2. The quantitative estimate of drug-likeness (QED) is 0.439. The largest absolute Gasteiger partial charge is 0.492 e. The molecule has 0 spiro atoms. The Hall–Kier alpha value is -3.42. The smallest absolute Gasteiger partial charge is 0.244 e. The zero-order valence-electron chi connectivity index (χ0n) is 16.0. The highest BCUT2D eigenvalue weighted by molar-refractivity contribution is 7.80. The van der Waals surface area contributed by atoms with E-state index in [1.165, 1.54) is 24.5 Å². The van der Waals surface area contributed by atoms with Crippen LogP contribution in [-0.4, -0.2) is 20.8 Å². The maximum Gasteiger partial charge on any atom is 0.244 e. The van der Waals surface area contributed by atoms with Gasteiger partial charge in [0, 0.05) is 23.5 Å². The molecule has 2 aromatic carbocycles. The average Bonchev–Trinajstić information content (AvgIpc) is 2.74. The van der Waals surface area contributed by atoms with Crippen LogP contribution >= 0.6 is 11.6 Å². The van der Waals surface area contributed by atoms with Crippen molar-refractivity contribution < 1.29 is 21.9 Å². The van der Waals surface area contributed by atoms with Crippen molar-refractivity contribution in [3.05, 3.63) is 64.4 Å². The van der Waals surface area contributed by atoms with Gasteiger partial charge in [-0.2, -0.15) is 0 Å². The van der Waals surface area contributed by atoms with Crippen molar-refractivity contribution in [1.29, 1.82) is 0 Å². The van der Waals surface area contributed by atoms with Gasteiger partial charge in [-0.25, -0.2) is 23.0 Å². The van der Waals surface area contributed by atoms with Crippen molar-refractivity contribution in [2.45, 2.75) is 11.8 Å².